The van der Waals surface area contributed by atoms with E-state index < -0.39 is 10.5 Å². The van der Waals surface area contributed by atoms with Crippen molar-refractivity contribution >= 4 is 43.1 Å². The Balaban J connectivity index is 0.000000640. The van der Waals surface area contributed by atoms with Gasteiger partial charge >= 0.3 is 10.5 Å². The summed E-state index contributed by atoms with van der Waals surface area (Å²) in [5, 5.41) is 5.26. The van der Waals surface area contributed by atoms with Crippen LogP contribution in [0.3, 0.4) is 0 Å². The summed E-state index contributed by atoms with van der Waals surface area (Å²) >= 11 is 3.47. The molecule has 2 N–H and O–H groups in total. The topological polar surface area (TPSA) is 87.1 Å². The third kappa shape index (κ3) is 6.00. The molecule has 0 aromatic heterocycles. The molecule has 0 aliphatic rings. The van der Waals surface area contributed by atoms with E-state index in [-0.39, 0.29) is 11.9 Å². The maximum atomic E-state index is 12.6. The summed E-state index contributed by atoms with van der Waals surface area (Å²) in [6, 6.07) is 18.1. The van der Waals surface area contributed by atoms with E-state index in [4.69, 9.17) is 13.2 Å². The number of amides is 1. The molecule has 28 heavy (non-hydrogen) atoms. The minimum absolute atomic E-state index is 0.0302. The highest BCUT2D eigenvalue weighted by molar-refractivity contribution is 9.10. The van der Waals surface area contributed by atoms with Crippen molar-refractivity contribution in [3.8, 4) is 0 Å². The first-order valence-corrected chi connectivity index (χ1v) is 10.4. The Morgan fingerprint density at radius 3 is 2.21 bits per heavy atom. The fourth-order valence-corrected chi connectivity index (χ4v) is 3.13. The van der Waals surface area contributed by atoms with E-state index in [1.165, 1.54) is 11.1 Å². The number of aryl methyl sites for hydroxylation is 2. The zero-order valence-corrected chi connectivity index (χ0v) is 18.2. The third-order valence-electron chi connectivity index (χ3n) is 4.44. The van der Waals surface area contributed by atoms with Gasteiger partial charge in [0.2, 0.25) is 0 Å². The molecule has 1 atom stereocenters. The van der Waals surface area contributed by atoms with Crippen LogP contribution in [0.25, 0.3) is 10.8 Å². The van der Waals surface area contributed by atoms with Crippen LogP contribution in [-0.2, 0) is 10.5 Å². The van der Waals surface area contributed by atoms with Gasteiger partial charge in [0.15, 0.2) is 0 Å². The number of carbonyl (C=O) groups excluding carboxylic acids is 1. The first kappa shape index (κ1) is 21.8. The van der Waals surface area contributed by atoms with Gasteiger partial charge in [-0.2, -0.15) is 13.2 Å². The Morgan fingerprint density at radius 2 is 1.57 bits per heavy atom. The molecule has 0 unspecified atom stereocenters. The Morgan fingerprint density at radius 1 is 0.964 bits per heavy atom. The molecule has 0 radical (unpaired) electrons. The van der Waals surface area contributed by atoms with Gasteiger partial charge in [-0.1, -0.05) is 46.3 Å². The highest BCUT2D eigenvalue weighted by atomic mass is 79.9. The van der Waals surface area contributed by atoms with Gasteiger partial charge in [0.1, 0.15) is 0 Å². The molecule has 0 fully saturated rings. The van der Waals surface area contributed by atoms with Crippen LogP contribution >= 0.6 is 15.9 Å². The summed E-state index contributed by atoms with van der Waals surface area (Å²) in [6.45, 7) is 6.20. The van der Waals surface area contributed by atoms with E-state index in [1.54, 1.807) is 0 Å². The number of halogens is 1. The predicted molar refractivity (Wildman–Crippen MR) is 115 cm³/mol. The molecule has 5 nitrogen and oxygen atoms in total. The lowest BCUT2D eigenvalue weighted by atomic mass is 10.0. The second kappa shape index (κ2) is 9.61. The van der Waals surface area contributed by atoms with Gasteiger partial charge < -0.3 is 5.32 Å². The summed E-state index contributed by atoms with van der Waals surface area (Å²) in [5.74, 6) is -0.0504. The molecule has 146 valence electrons. The number of nitrogens with one attached hydrogen (secondary N) is 2. The second-order valence-electron chi connectivity index (χ2n) is 6.48. The summed E-state index contributed by atoms with van der Waals surface area (Å²) in [6.07, 6.45) is 0. The second-order valence-corrected chi connectivity index (χ2v) is 7.86. The Hall–Kier alpha value is -2.51. The van der Waals surface area contributed by atoms with Gasteiger partial charge in [-0.3, -0.25) is 4.79 Å². The average Bonchev–Trinajstić information content (AvgIpc) is 2.63. The molecule has 0 saturated heterocycles. The number of fused-ring (bicyclic) bond motifs is 1. The quantitative estimate of drug-likeness (QED) is 0.552. The molecule has 3 rings (SSSR count). The molecule has 0 heterocycles. The molecule has 0 aliphatic heterocycles. The van der Waals surface area contributed by atoms with Crippen molar-refractivity contribution in [3.05, 3.63) is 81.3 Å². The SMILES string of the molecule is Cc1ccc([C@@H](C)NC(=O)c2ccc3cc(Br)ccc3c2)cc1C.N=S(=O)=O. The van der Waals surface area contributed by atoms with E-state index in [0.29, 0.717) is 5.56 Å². The van der Waals surface area contributed by atoms with Crippen LogP contribution in [0.5, 0.6) is 0 Å². The van der Waals surface area contributed by atoms with Gasteiger partial charge in [0, 0.05) is 10.0 Å². The Kier molecular flexibility index (Phi) is 7.48. The minimum atomic E-state index is -2.61. The van der Waals surface area contributed by atoms with Gasteiger partial charge in [0.25, 0.3) is 5.91 Å². The van der Waals surface area contributed by atoms with Gasteiger partial charge in [-0.05, 0) is 72.5 Å². The van der Waals surface area contributed by atoms with Crippen molar-refractivity contribution in [3.63, 3.8) is 0 Å². The highest BCUT2D eigenvalue weighted by Crippen LogP contribution is 2.22. The molecular weight excluding hydrogens is 440 g/mol. The normalized spacial score (nSPS) is 11.3. The van der Waals surface area contributed by atoms with Crippen LogP contribution in [0.2, 0.25) is 0 Å². The van der Waals surface area contributed by atoms with Crippen molar-refractivity contribution < 1.29 is 13.2 Å². The Labute approximate surface area is 174 Å². The van der Waals surface area contributed by atoms with Crippen LogP contribution in [0, 0.1) is 18.6 Å². The van der Waals surface area contributed by atoms with Crippen LogP contribution in [0.15, 0.2) is 59.1 Å². The first-order chi connectivity index (χ1) is 13.2. The van der Waals surface area contributed by atoms with Crippen LogP contribution in [-0.4, -0.2) is 14.3 Å². The largest absolute Gasteiger partial charge is 0.346 e. The lowest BCUT2D eigenvalue weighted by Crippen LogP contribution is -2.26. The van der Waals surface area contributed by atoms with Crippen LogP contribution in [0.4, 0.5) is 0 Å². The predicted octanol–water partition coefficient (Wildman–Crippen LogP) is 5.34. The third-order valence-corrected chi connectivity index (χ3v) is 4.94. The zero-order chi connectivity index (χ0) is 20.8. The van der Waals surface area contributed by atoms with Crippen molar-refractivity contribution in [1.82, 2.24) is 5.32 Å². The number of hydrogen-bond donors (Lipinski definition) is 2. The minimum Gasteiger partial charge on any atom is -0.346 e. The number of benzene rings is 3. The van der Waals surface area contributed by atoms with Crippen molar-refractivity contribution in [2.75, 3.05) is 0 Å². The monoisotopic (exact) mass is 460 g/mol. The summed E-state index contributed by atoms with van der Waals surface area (Å²) in [5.41, 5.74) is 4.31. The lowest BCUT2D eigenvalue weighted by Gasteiger charge is -2.16. The smallest absolute Gasteiger partial charge is 0.308 e. The summed E-state index contributed by atoms with van der Waals surface area (Å²) in [4.78, 5) is 12.6. The highest BCUT2D eigenvalue weighted by Gasteiger charge is 2.12. The molecule has 0 aliphatic carbocycles. The molecule has 1 amide bonds. The molecule has 7 heteroatoms. The van der Waals surface area contributed by atoms with Gasteiger partial charge in [-0.15, -0.1) is 0 Å². The van der Waals surface area contributed by atoms with E-state index in [1.807, 2.05) is 37.3 Å². The van der Waals surface area contributed by atoms with Gasteiger partial charge in [0.05, 0.1) is 6.04 Å². The van der Waals surface area contributed by atoms with Crippen molar-refractivity contribution in [1.29, 1.82) is 4.78 Å². The van der Waals surface area contributed by atoms with Crippen LogP contribution in [0.1, 0.15) is 40.0 Å². The standard InChI is InChI=1S/C21H20BrNO.HNO2S/c1-13-4-5-16(10-14(13)2)15(3)23-21(24)19-7-6-18-12-20(22)9-8-17(18)11-19;1-4(2)3/h4-12,15H,1-3H3,(H,23,24);1H/t15-;/m1./s1. The number of rotatable bonds is 3. The fraction of sp³-hybridized carbons (Fsp3) is 0.190. The number of hydrogen-bond acceptors (Lipinski definition) is 4. The van der Waals surface area contributed by atoms with Crippen LogP contribution < -0.4 is 5.32 Å². The molecule has 0 spiro atoms. The molecule has 3 aromatic carbocycles. The van der Waals surface area contributed by atoms with Gasteiger partial charge in [-0.25, -0.2) is 0 Å². The van der Waals surface area contributed by atoms with E-state index in [2.05, 4.69) is 59.4 Å². The molecular formula is C21H21BrN2O3S. The van der Waals surface area contributed by atoms with E-state index >= 15 is 0 Å². The van der Waals surface area contributed by atoms with E-state index in [0.717, 1.165) is 20.8 Å². The zero-order valence-electron chi connectivity index (χ0n) is 15.8. The maximum Gasteiger partial charge on any atom is 0.308 e. The fourth-order valence-electron chi connectivity index (χ4n) is 2.76. The van der Waals surface area contributed by atoms with Crippen molar-refractivity contribution in [2.24, 2.45) is 0 Å². The summed E-state index contributed by atoms with van der Waals surface area (Å²) < 4.78 is 23.9. The molecule has 0 saturated carbocycles. The van der Waals surface area contributed by atoms with E-state index in [9.17, 15) is 4.79 Å². The first-order valence-electron chi connectivity index (χ1n) is 8.55. The molecule has 0 bridgehead atoms. The molecule has 3 aromatic rings. The summed E-state index contributed by atoms with van der Waals surface area (Å²) in [7, 11) is -2.61. The maximum absolute atomic E-state index is 12.6. The Bertz CT molecular complexity index is 1120. The lowest BCUT2D eigenvalue weighted by molar-refractivity contribution is 0.0940. The average molecular weight is 461 g/mol. The van der Waals surface area contributed by atoms with Crippen molar-refractivity contribution in [2.45, 2.75) is 26.8 Å². The number of carbonyl (C=O) groups is 1.